The number of hydrogen-bond donors (Lipinski definition) is 2. The Hall–Kier alpha value is -2.94. The predicted octanol–water partition coefficient (Wildman–Crippen LogP) is 3.34. The highest BCUT2D eigenvalue weighted by Gasteiger charge is 2.26. The van der Waals surface area contributed by atoms with Crippen LogP contribution >= 0.6 is 11.6 Å². The predicted molar refractivity (Wildman–Crippen MR) is 123 cm³/mol. The molecule has 1 heterocycles. The normalized spacial score (nSPS) is 12.2. The molecule has 2 aromatic carbocycles. The third-order valence-electron chi connectivity index (χ3n) is 4.60. The summed E-state index contributed by atoms with van der Waals surface area (Å²) in [4.78, 5) is 16.9. The molecule has 0 bridgehead atoms. The molecule has 168 valence electrons. The lowest BCUT2D eigenvalue weighted by atomic mass is 10.1. The number of nitrogens with one attached hydrogen (secondary N) is 2. The van der Waals surface area contributed by atoms with Crippen molar-refractivity contribution in [1.29, 1.82) is 0 Å². The maximum atomic E-state index is 13.0. The zero-order valence-corrected chi connectivity index (χ0v) is 19.1. The monoisotopic (exact) mass is 473 g/mol. The number of hydrogen-bond acceptors (Lipinski definition) is 5. The van der Waals surface area contributed by atoms with Crippen molar-refractivity contribution in [3.63, 3.8) is 0 Å². The number of amides is 1. The van der Waals surface area contributed by atoms with Crippen molar-refractivity contribution in [3.8, 4) is 5.75 Å². The van der Waals surface area contributed by atoms with Crippen LogP contribution in [-0.4, -0.2) is 32.0 Å². The Balaban J connectivity index is 1.80. The Morgan fingerprint density at radius 2 is 1.84 bits per heavy atom. The van der Waals surface area contributed by atoms with Gasteiger partial charge in [-0.2, -0.15) is 4.72 Å². The van der Waals surface area contributed by atoms with E-state index < -0.39 is 22.0 Å². The molecule has 0 fully saturated rings. The summed E-state index contributed by atoms with van der Waals surface area (Å²) in [5, 5.41) is 2.95. The molecule has 3 aromatic rings. The second-order valence-corrected chi connectivity index (χ2v) is 9.09. The summed E-state index contributed by atoms with van der Waals surface area (Å²) >= 11 is 6.16. The van der Waals surface area contributed by atoms with E-state index in [-0.39, 0.29) is 22.9 Å². The van der Waals surface area contributed by atoms with Gasteiger partial charge in [0, 0.05) is 18.9 Å². The second-order valence-electron chi connectivity index (χ2n) is 6.97. The number of nitrogens with zero attached hydrogens (tertiary/aromatic N) is 1. The van der Waals surface area contributed by atoms with Crippen molar-refractivity contribution >= 4 is 27.5 Å². The minimum Gasteiger partial charge on any atom is -0.492 e. The zero-order chi connectivity index (χ0) is 23.0. The van der Waals surface area contributed by atoms with Gasteiger partial charge in [0.15, 0.2) is 0 Å². The molecule has 0 aliphatic heterocycles. The number of sulfonamides is 1. The van der Waals surface area contributed by atoms with E-state index in [9.17, 15) is 13.2 Å². The minimum atomic E-state index is -4.02. The molecule has 32 heavy (non-hydrogen) atoms. The van der Waals surface area contributed by atoms with Crippen LogP contribution in [0.4, 0.5) is 0 Å². The van der Waals surface area contributed by atoms with E-state index in [1.165, 1.54) is 18.2 Å². The Kier molecular flexibility index (Phi) is 8.21. The van der Waals surface area contributed by atoms with Crippen LogP contribution in [0.25, 0.3) is 0 Å². The number of carbonyl (C=O) groups is 1. The molecular formula is C23H24ClN3O4S. The summed E-state index contributed by atoms with van der Waals surface area (Å²) < 4.78 is 33.9. The van der Waals surface area contributed by atoms with Gasteiger partial charge in [-0.25, -0.2) is 8.42 Å². The number of aromatic nitrogens is 1. The molecule has 1 aromatic heterocycles. The van der Waals surface area contributed by atoms with Crippen LogP contribution in [-0.2, 0) is 27.8 Å². The van der Waals surface area contributed by atoms with Gasteiger partial charge in [0.05, 0.1) is 16.5 Å². The molecule has 7 nitrogen and oxygen atoms in total. The van der Waals surface area contributed by atoms with Gasteiger partial charge in [0.2, 0.25) is 15.9 Å². The molecule has 0 aliphatic carbocycles. The summed E-state index contributed by atoms with van der Waals surface area (Å²) in [5.41, 5.74) is 1.63. The molecule has 0 aliphatic rings. The lowest BCUT2D eigenvalue weighted by Crippen LogP contribution is -2.47. The third-order valence-corrected chi connectivity index (χ3v) is 6.36. The largest absolute Gasteiger partial charge is 0.492 e. The van der Waals surface area contributed by atoms with E-state index in [1.54, 1.807) is 25.4 Å². The number of carbonyl (C=O) groups excluding carboxylic acids is 1. The van der Waals surface area contributed by atoms with E-state index in [0.717, 1.165) is 11.1 Å². The fourth-order valence-corrected chi connectivity index (χ4v) is 4.55. The molecule has 1 amide bonds. The summed E-state index contributed by atoms with van der Waals surface area (Å²) in [7, 11) is -4.02. The van der Waals surface area contributed by atoms with Crippen molar-refractivity contribution in [1.82, 2.24) is 15.0 Å². The fourth-order valence-electron chi connectivity index (χ4n) is 3.03. The second kappa shape index (κ2) is 11.1. The van der Waals surface area contributed by atoms with Gasteiger partial charge in [0.1, 0.15) is 11.8 Å². The Morgan fingerprint density at radius 1 is 1.09 bits per heavy atom. The van der Waals surface area contributed by atoms with E-state index >= 15 is 0 Å². The zero-order valence-electron chi connectivity index (χ0n) is 17.5. The summed E-state index contributed by atoms with van der Waals surface area (Å²) in [5.74, 6) is -0.0542. The summed E-state index contributed by atoms with van der Waals surface area (Å²) in [6.45, 7) is 2.44. The molecule has 0 unspecified atom stereocenters. The van der Waals surface area contributed by atoms with Gasteiger partial charge in [-0.1, -0.05) is 48.0 Å². The van der Waals surface area contributed by atoms with E-state index in [0.29, 0.717) is 12.4 Å². The fraction of sp³-hybridized carbons (Fsp3) is 0.217. The first-order valence-corrected chi connectivity index (χ1v) is 11.9. The highest BCUT2D eigenvalue weighted by molar-refractivity contribution is 7.89. The first-order chi connectivity index (χ1) is 15.4. The molecule has 0 radical (unpaired) electrons. The van der Waals surface area contributed by atoms with E-state index in [2.05, 4.69) is 15.0 Å². The van der Waals surface area contributed by atoms with Crippen LogP contribution in [0.15, 0.2) is 78.0 Å². The number of benzene rings is 2. The number of pyridine rings is 1. The van der Waals surface area contributed by atoms with Crippen LogP contribution < -0.4 is 14.8 Å². The summed E-state index contributed by atoms with van der Waals surface area (Å²) in [6, 6.07) is 16.0. The molecule has 3 rings (SSSR count). The molecule has 0 spiro atoms. The van der Waals surface area contributed by atoms with Crippen molar-refractivity contribution in [3.05, 3.63) is 89.2 Å². The Bertz CT molecular complexity index is 1140. The smallest absolute Gasteiger partial charge is 0.241 e. The highest BCUT2D eigenvalue weighted by Crippen LogP contribution is 2.27. The van der Waals surface area contributed by atoms with Gasteiger partial charge in [-0.05, 0) is 48.7 Å². The summed E-state index contributed by atoms with van der Waals surface area (Å²) in [6.07, 6.45) is 3.46. The molecular weight excluding hydrogens is 450 g/mol. The van der Waals surface area contributed by atoms with Gasteiger partial charge in [-0.3, -0.25) is 9.78 Å². The Labute approximate surface area is 192 Å². The number of rotatable bonds is 10. The minimum absolute atomic E-state index is 0.0518. The molecule has 1 atom stereocenters. The maximum Gasteiger partial charge on any atom is 0.241 e. The van der Waals surface area contributed by atoms with Crippen molar-refractivity contribution in [2.75, 3.05) is 6.61 Å². The number of halogens is 1. The maximum absolute atomic E-state index is 13.0. The van der Waals surface area contributed by atoms with Crippen molar-refractivity contribution in [2.24, 2.45) is 0 Å². The molecule has 0 saturated carbocycles. The topological polar surface area (TPSA) is 97.4 Å². The lowest BCUT2D eigenvalue weighted by Gasteiger charge is -2.19. The van der Waals surface area contributed by atoms with Gasteiger partial charge in [0.25, 0.3) is 0 Å². The first kappa shape index (κ1) is 23.7. The highest BCUT2D eigenvalue weighted by atomic mass is 35.5. The average molecular weight is 474 g/mol. The quantitative estimate of drug-likeness (QED) is 0.470. The first-order valence-electron chi connectivity index (χ1n) is 10.0. The van der Waals surface area contributed by atoms with Crippen molar-refractivity contribution < 1.29 is 17.9 Å². The van der Waals surface area contributed by atoms with Crippen LogP contribution in [0.1, 0.15) is 18.1 Å². The van der Waals surface area contributed by atoms with Gasteiger partial charge >= 0.3 is 0 Å². The molecule has 0 saturated heterocycles. The molecule has 2 N–H and O–H groups in total. The lowest BCUT2D eigenvalue weighted by molar-refractivity contribution is -0.122. The van der Waals surface area contributed by atoms with Crippen LogP contribution in [0.2, 0.25) is 5.02 Å². The van der Waals surface area contributed by atoms with Gasteiger partial charge in [-0.15, -0.1) is 0 Å². The van der Waals surface area contributed by atoms with Crippen LogP contribution in [0.5, 0.6) is 5.75 Å². The van der Waals surface area contributed by atoms with Crippen LogP contribution in [0.3, 0.4) is 0 Å². The van der Waals surface area contributed by atoms with E-state index in [4.69, 9.17) is 16.3 Å². The SMILES string of the molecule is CCOc1ccc(S(=O)(=O)N[C@H](Cc2ccccc2)C(=O)NCc2cccnc2)cc1Cl. The van der Waals surface area contributed by atoms with Crippen molar-refractivity contribution in [2.45, 2.75) is 30.8 Å². The molecule has 9 heteroatoms. The standard InChI is InChI=1S/C23H24ClN3O4S/c1-2-31-22-11-10-19(14-20(22)24)32(29,30)27-21(13-17-7-4-3-5-8-17)23(28)26-16-18-9-6-12-25-15-18/h3-12,14-15,21,27H,2,13,16H2,1H3,(H,26,28)/t21-/m1/s1. The van der Waals surface area contributed by atoms with Crippen LogP contribution in [0, 0.1) is 0 Å². The van der Waals surface area contributed by atoms with E-state index in [1.807, 2.05) is 36.4 Å². The number of ether oxygens (including phenoxy) is 1. The average Bonchev–Trinajstić information content (AvgIpc) is 2.79. The third kappa shape index (κ3) is 6.53. The van der Waals surface area contributed by atoms with Gasteiger partial charge < -0.3 is 10.1 Å². The Morgan fingerprint density at radius 3 is 2.50 bits per heavy atom.